The predicted molar refractivity (Wildman–Crippen MR) is 75.4 cm³/mol. The average Bonchev–Trinajstić information content (AvgIpc) is 2.51. The molecular weight excluding hydrogens is 298 g/mol. The van der Waals surface area contributed by atoms with Crippen LogP contribution in [0.2, 0.25) is 0 Å². The second-order valence-corrected chi connectivity index (χ2v) is 7.17. The third-order valence-electron chi connectivity index (χ3n) is 3.31. The van der Waals surface area contributed by atoms with Crippen molar-refractivity contribution in [1.29, 1.82) is 0 Å². The number of nitrogens with one attached hydrogen (secondary N) is 1. The molecule has 0 amide bonds. The van der Waals surface area contributed by atoms with Gasteiger partial charge in [-0.25, -0.2) is 13.1 Å². The Labute approximate surface area is 123 Å². The molecule has 9 heteroatoms. The Morgan fingerprint density at radius 2 is 1.95 bits per heavy atom. The summed E-state index contributed by atoms with van der Waals surface area (Å²) >= 11 is 0. The monoisotopic (exact) mass is 319 g/mol. The highest BCUT2D eigenvalue weighted by Crippen LogP contribution is 2.22. The number of carboxylic acid groups (broad SMARTS) is 1. The molecule has 0 spiro atoms. The summed E-state index contributed by atoms with van der Waals surface area (Å²) in [6, 6.07) is 0. The van der Waals surface area contributed by atoms with Crippen LogP contribution in [0.3, 0.4) is 0 Å². The van der Waals surface area contributed by atoms with Crippen LogP contribution in [-0.2, 0) is 21.4 Å². The normalized spacial score (nSPS) is 14.2. The first-order valence-electron chi connectivity index (χ1n) is 6.36. The van der Waals surface area contributed by atoms with Crippen molar-refractivity contribution in [2.75, 3.05) is 0 Å². The highest BCUT2D eigenvalue weighted by atomic mass is 32.2. The van der Waals surface area contributed by atoms with E-state index in [1.807, 2.05) is 0 Å². The molecule has 0 saturated carbocycles. The lowest BCUT2D eigenvalue weighted by Crippen LogP contribution is -2.50. The molecule has 1 heterocycles. The maximum Gasteiger partial charge on any atom is 0.325 e. The molecule has 0 radical (unpaired) electrons. The molecule has 0 saturated heterocycles. The molecule has 1 atom stereocenters. The molecule has 21 heavy (non-hydrogen) atoms. The van der Waals surface area contributed by atoms with Crippen molar-refractivity contribution >= 4 is 16.0 Å². The number of rotatable bonds is 6. The molecule has 3 N–H and O–H groups in total. The Morgan fingerprint density at radius 1 is 1.43 bits per heavy atom. The van der Waals surface area contributed by atoms with Crippen molar-refractivity contribution in [3.63, 3.8) is 0 Å². The van der Waals surface area contributed by atoms with Crippen LogP contribution in [0.1, 0.15) is 32.2 Å². The van der Waals surface area contributed by atoms with Crippen LogP contribution < -0.4 is 4.72 Å². The minimum Gasteiger partial charge on any atom is -0.480 e. The maximum absolute atomic E-state index is 12.5. The molecule has 0 fully saturated rings. The van der Waals surface area contributed by atoms with Crippen molar-refractivity contribution < 1.29 is 23.4 Å². The second-order valence-electron chi connectivity index (χ2n) is 5.55. The van der Waals surface area contributed by atoms with E-state index in [9.17, 15) is 18.3 Å². The van der Waals surface area contributed by atoms with E-state index < -0.39 is 34.2 Å². The summed E-state index contributed by atoms with van der Waals surface area (Å²) in [5.74, 6) is -1.11. The fourth-order valence-corrected chi connectivity index (χ4v) is 3.72. The average molecular weight is 319 g/mol. The fraction of sp³-hybridized carbons (Fsp3) is 0.667. The van der Waals surface area contributed by atoms with Gasteiger partial charge >= 0.3 is 5.97 Å². The SMILES string of the molecule is Cc1nn(CC(=O)O)c(C)c1S(=O)(=O)NC(C)(C)C(C)O. The van der Waals surface area contributed by atoms with Gasteiger partial charge in [0.1, 0.15) is 11.4 Å². The number of carboxylic acids is 1. The van der Waals surface area contributed by atoms with Crippen molar-refractivity contribution in [3.05, 3.63) is 11.4 Å². The van der Waals surface area contributed by atoms with Gasteiger partial charge in [-0.2, -0.15) is 5.10 Å². The van der Waals surface area contributed by atoms with E-state index in [0.29, 0.717) is 0 Å². The van der Waals surface area contributed by atoms with Crippen molar-refractivity contribution in [3.8, 4) is 0 Å². The molecule has 0 aromatic carbocycles. The van der Waals surface area contributed by atoms with E-state index in [1.165, 1.54) is 20.8 Å². The summed E-state index contributed by atoms with van der Waals surface area (Å²) < 4.78 is 28.5. The lowest BCUT2D eigenvalue weighted by Gasteiger charge is -2.28. The molecule has 0 aliphatic heterocycles. The van der Waals surface area contributed by atoms with E-state index in [4.69, 9.17) is 5.11 Å². The first-order chi connectivity index (χ1) is 9.38. The number of aromatic nitrogens is 2. The Balaban J connectivity index is 3.27. The van der Waals surface area contributed by atoms with E-state index >= 15 is 0 Å². The van der Waals surface area contributed by atoms with Crippen molar-refractivity contribution in [1.82, 2.24) is 14.5 Å². The number of hydrogen-bond donors (Lipinski definition) is 3. The van der Waals surface area contributed by atoms with Crippen LogP contribution >= 0.6 is 0 Å². The number of aliphatic hydroxyl groups is 1. The summed E-state index contributed by atoms with van der Waals surface area (Å²) in [6.07, 6.45) is -0.901. The number of hydrogen-bond acceptors (Lipinski definition) is 5. The van der Waals surface area contributed by atoms with Gasteiger partial charge in [0.15, 0.2) is 0 Å². The molecule has 1 aromatic heterocycles. The number of carbonyl (C=O) groups is 1. The number of aliphatic carboxylic acids is 1. The van der Waals surface area contributed by atoms with Crippen LogP contribution in [0.15, 0.2) is 4.90 Å². The summed E-state index contributed by atoms with van der Waals surface area (Å²) in [4.78, 5) is 10.7. The zero-order chi connectivity index (χ0) is 16.6. The minimum atomic E-state index is -3.93. The molecular formula is C12H21N3O5S. The van der Waals surface area contributed by atoms with Gasteiger partial charge in [0.2, 0.25) is 10.0 Å². The summed E-state index contributed by atoms with van der Waals surface area (Å²) in [7, 11) is -3.93. The smallest absolute Gasteiger partial charge is 0.325 e. The molecule has 1 aromatic rings. The highest BCUT2D eigenvalue weighted by molar-refractivity contribution is 7.89. The Bertz CT molecular complexity index is 646. The molecule has 1 unspecified atom stereocenters. The minimum absolute atomic E-state index is 0.0579. The standard InChI is InChI=1S/C12H21N3O5S/c1-7-11(8(2)15(13-7)6-10(17)18)21(19,20)14-12(4,5)9(3)16/h9,14,16H,6H2,1-5H3,(H,17,18). The lowest BCUT2D eigenvalue weighted by molar-refractivity contribution is -0.137. The lowest BCUT2D eigenvalue weighted by atomic mass is 10.0. The third kappa shape index (κ3) is 3.80. The second kappa shape index (κ2) is 5.74. The fourth-order valence-electron chi connectivity index (χ4n) is 1.83. The van der Waals surface area contributed by atoms with E-state index in [0.717, 1.165) is 4.68 Å². The molecule has 120 valence electrons. The Morgan fingerprint density at radius 3 is 2.38 bits per heavy atom. The van der Waals surface area contributed by atoms with Gasteiger partial charge in [0, 0.05) is 0 Å². The van der Waals surface area contributed by atoms with Crippen LogP contribution in [0.4, 0.5) is 0 Å². The van der Waals surface area contributed by atoms with Crippen LogP contribution in [0, 0.1) is 13.8 Å². The highest BCUT2D eigenvalue weighted by Gasteiger charge is 2.33. The summed E-state index contributed by atoms with van der Waals surface area (Å²) in [5, 5.41) is 22.4. The largest absolute Gasteiger partial charge is 0.480 e. The Hall–Kier alpha value is -1.45. The zero-order valence-corrected chi connectivity index (χ0v) is 13.5. The molecule has 0 aliphatic carbocycles. The van der Waals surface area contributed by atoms with Gasteiger partial charge in [-0.15, -0.1) is 0 Å². The Kier molecular flexibility index (Phi) is 4.81. The van der Waals surface area contributed by atoms with Gasteiger partial charge in [-0.3, -0.25) is 9.48 Å². The van der Waals surface area contributed by atoms with E-state index in [-0.39, 0.29) is 16.3 Å². The molecule has 0 bridgehead atoms. The van der Waals surface area contributed by atoms with Gasteiger partial charge in [0.25, 0.3) is 0 Å². The topological polar surface area (TPSA) is 122 Å². The van der Waals surface area contributed by atoms with Crippen molar-refractivity contribution in [2.45, 2.75) is 57.7 Å². The van der Waals surface area contributed by atoms with Gasteiger partial charge in [-0.1, -0.05) is 0 Å². The number of aliphatic hydroxyl groups excluding tert-OH is 1. The molecule has 1 rings (SSSR count). The first-order valence-corrected chi connectivity index (χ1v) is 7.84. The number of nitrogens with zero attached hydrogens (tertiary/aromatic N) is 2. The van der Waals surface area contributed by atoms with Gasteiger partial charge in [-0.05, 0) is 34.6 Å². The van der Waals surface area contributed by atoms with E-state index in [2.05, 4.69) is 9.82 Å². The number of aryl methyl sites for hydroxylation is 1. The predicted octanol–water partition coefficient (Wildman–Crippen LogP) is 0.0222. The van der Waals surface area contributed by atoms with E-state index in [1.54, 1.807) is 13.8 Å². The summed E-state index contributed by atoms with van der Waals surface area (Å²) in [6.45, 7) is 7.17. The van der Waals surface area contributed by atoms with Crippen molar-refractivity contribution in [2.24, 2.45) is 0 Å². The molecule has 0 aliphatic rings. The zero-order valence-electron chi connectivity index (χ0n) is 12.7. The number of sulfonamides is 1. The third-order valence-corrected chi connectivity index (χ3v) is 5.23. The van der Waals surface area contributed by atoms with Gasteiger partial charge < -0.3 is 10.2 Å². The maximum atomic E-state index is 12.5. The van der Waals surface area contributed by atoms with Gasteiger partial charge in [0.05, 0.1) is 23.0 Å². The first kappa shape index (κ1) is 17.6. The summed E-state index contributed by atoms with van der Waals surface area (Å²) in [5.41, 5.74) is -0.612. The van der Waals surface area contributed by atoms with Crippen LogP contribution in [0.5, 0.6) is 0 Å². The van der Waals surface area contributed by atoms with Crippen LogP contribution in [0.25, 0.3) is 0 Å². The van der Waals surface area contributed by atoms with Crippen LogP contribution in [-0.4, -0.2) is 46.0 Å². The molecule has 8 nitrogen and oxygen atoms in total. The quantitative estimate of drug-likeness (QED) is 0.679.